The molecule has 1 aromatic rings. The summed E-state index contributed by atoms with van der Waals surface area (Å²) in [5.74, 6) is -0.369. The third kappa shape index (κ3) is 2.51. The monoisotopic (exact) mass is 247 g/mol. The third-order valence-corrected chi connectivity index (χ3v) is 3.02. The van der Waals surface area contributed by atoms with Crippen molar-refractivity contribution in [2.24, 2.45) is 11.0 Å². The van der Waals surface area contributed by atoms with Crippen LogP contribution in [0.3, 0.4) is 0 Å². The van der Waals surface area contributed by atoms with E-state index in [9.17, 15) is 9.90 Å². The van der Waals surface area contributed by atoms with Crippen LogP contribution in [0.5, 0.6) is 0 Å². The van der Waals surface area contributed by atoms with E-state index >= 15 is 0 Å². The summed E-state index contributed by atoms with van der Waals surface area (Å²) in [5, 5.41) is 13.4. The summed E-state index contributed by atoms with van der Waals surface area (Å²) in [6.45, 7) is -0.0678. The number of rotatable bonds is 3. The molecule has 0 radical (unpaired) electrons. The fourth-order valence-corrected chi connectivity index (χ4v) is 1.96. The highest BCUT2D eigenvalue weighted by atomic mass is 16.3. The van der Waals surface area contributed by atoms with Crippen LogP contribution in [0.15, 0.2) is 29.4 Å². The first-order valence-corrected chi connectivity index (χ1v) is 5.87. The molecule has 0 saturated heterocycles. The summed E-state index contributed by atoms with van der Waals surface area (Å²) in [7, 11) is 3.95. The highest BCUT2D eigenvalue weighted by Gasteiger charge is 2.24. The number of hydrogen-bond acceptors (Lipinski definition) is 4. The normalized spacial score (nSPS) is 19.2. The van der Waals surface area contributed by atoms with E-state index in [1.165, 1.54) is 0 Å². The first-order valence-electron chi connectivity index (χ1n) is 5.87. The van der Waals surface area contributed by atoms with Crippen LogP contribution in [0.2, 0.25) is 0 Å². The minimum atomic E-state index is -0.219. The molecule has 0 bridgehead atoms. The van der Waals surface area contributed by atoms with Crippen molar-refractivity contribution in [1.29, 1.82) is 0 Å². The highest BCUT2D eigenvalue weighted by molar-refractivity contribution is 6.06. The smallest absolute Gasteiger partial charge is 0.240 e. The van der Waals surface area contributed by atoms with Crippen molar-refractivity contribution in [3.8, 4) is 0 Å². The van der Waals surface area contributed by atoms with Crippen LogP contribution >= 0.6 is 0 Å². The maximum Gasteiger partial charge on any atom is 0.240 e. The molecule has 0 spiro atoms. The number of amides is 1. The van der Waals surface area contributed by atoms with E-state index in [1.54, 1.807) is 0 Å². The van der Waals surface area contributed by atoms with Gasteiger partial charge in [0.2, 0.25) is 5.91 Å². The Hall–Kier alpha value is -1.88. The van der Waals surface area contributed by atoms with Crippen LogP contribution < -0.4 is 10.3 Å². The lowest BCUT2D eigenvalue weighted by atomic mass is 9.93. The number of carbonyl (C=O) groups is 1. The van der Waals surface area contributed by atoms with Gasteiger partial charge in [0.05, 0.1) is 12.3 Å². The lowest BCUT2D eigenvalue weighted by Crippen LogP contribution is -2.35. The van der Waals surface area contributed by atoms with Crippen LogP contribution in [-0.4, -0.2) is 37.4 Å². The van der Waals surface area contributed by atoms with Gasteiger partial charge in [0.1, 0.15) is 0 Å². The summed E-state index contributed by atoms with van der Waals surface area (Å²) in [5.41, 5.74) is 5.23. The van der Waals surface area contributed by atoms with Gasteiger partial charge in [0.15, 0.2) is 0 Å². The molecule has 1 atom stereocenters. The largest absolute Gasteiger partial charge is 0.396 e. The molecule has 0 aromatic heterocycles. The third-order valence-electron chi connectivity index (χ3n) is 3.02. The molecule has 5 heteroatoms. The highest BCUT2D eigenvalue weighted by Crippen LogP contribution is 2.19. The fourth-order valence-electron chi connectivity index (χ4n) is 1.96. The minimum absolute atomic E-state index is 0.0678. The van der Waals surface area contributed by atoms with Gasteiger partial charge in [-0.1, -0.05) is 12.1 Å². The second-order valence-corrected chi connectivity index (χ2v) is 4.56. The Labute approximate surface area is 106 Å². The van der Waals surface area contributed by atoms with Crippen LogP contribution in [-0.2, 0) is 4.79 Å². The van der Waals surface area contributed by atoms with Gasteiger partial charge >= 0.3 is 0 Å². The van der Waals surface area contributed by atoms with E-state index < -0.39 is 0 Å². The van der Waals surface area contributed by atoms with Gasteiger partial charge in [0, 0.05) is 32.1 Å². The van der Waals surface area contributed by atoms with Crippen molar-refractivity contribution in [2.75, 3.05) is 25.6 Å². The molecule has 1 unspecified atom stereocenters. The van der Waals surface area contributed by atoms with Gasteiger partial charge in [-0.3, -0.25) is 4.79 Å². The molecular formula is C13H17N3O2. The summed E-state index contributed by atoms with van der Waals surface area (Å²) < 4.78 is 0. The number of nitrogens with zero attached hydrogens (tertiary/aromatic N) is 2. The molecule has 18 heavy (non-hydrogen) atoms. The number of carbonyl (C=O) groups excluding carboxylic acids is 1. The van der Waals surface area contributed by atoms with E-state index in [1.807, 2.05) is 43.3 Å². The number of anilines is 1. The molecule has 0 aliphatic carbocycles. The Morgan fingerprint density at radius 1 is 1.39 bits per heavy atom. The van der Waals surface area contributed by atoms with Crippen LogP contribution in [0.25, 0.3) is 0 Å². The molecule has 5 nitrogen and oxygen atoms in total. The number of nitrogens with one attached hydrogen (secondary N) is 1. The molecule has 96 valence electrons. The average molecular weight is 247 g/mol. The Balaban J connectivity index is 2.27. The first kappa shape index (κ1) is 12.6. The Bertz CT molecular complexity index is 466. The van der Waals surface area contributed by atoms with Crippen molar-refractivity contribution in [1.82, 2.24) is 5.43 Å². The number of aliphatic hydroxyl groups is 1. The lowest BCUT2D eigenvalue weighted by molar-refractivity contribution is -0.122. The zero-order valence-electron chi connectivity index (χ0n) is 10.6. The molecular weight excluding hydrogens is 230 g/mol. The van der Waals surface area contributed by atoms with E-state index in [0.29, 0.717) is 0 Å². The number of hydrogen-bond donors (Lipinski definition) is 2. The summed E-state index contributed by atoms with van der Waals surface area (Å²) in [6, 6.07) is 7.88. The predicted molar refractivity (Wildman–Crippen MR) is 70.6 cm³/mol. The standard InChI is InChI=1S/C13H17N3O2/c1-16(2)11-5-3-9(4-6-11)13-10(8-17)7-12(18)14-15-13/h3-6,10,17H,7-8H2,1-2H3,(H,14,18). The minimum Gasteiger partial charge on any atom is -0.396 e. The van der Waals surface area contributed by atoms with E-state index in [2.05, 4.69) is 10.5 Å². The Morgan fingerprint density at radius 2 is 2.06 bits per heavy atom. The lowest BCUT2D eigenvalue weighted by Gasteiger charge is -2.21. The summed E-state index contributed by atoms with van der Waals surface area (Å²) >= 11 is 0. The van der Waals surface area contributed by atoms with Crippen molar-refractivity contribution in [3.63, 3.8) is 0 Å². The molecule has 1 amide bonds. The van der Waals surface area contributed by atoms with Gasteiger partial charge in [-0.05, 0) is 17.7 Å². The summed E-state index contributed by atoms with van der Waals surface area (Å²) in [6.07, 6.45) is 0.283. The van der Waals surface area contributed by atoms with Crippen molar-refractivity contribution in [2.45, 2.75) is 6.42 Å². The predicted octanol–water partition coefficient (Wildman–Crippen LogP) is 0.585. The van der Waals surface area contributed by atoms with Gasteiger partial charge in [0.25, 0.3) is 0 Å². The van der Waals surface area contributed by atoms with Crippen molar-refractivity contribution >= 4 is 17.3 Å². The number of hydrazone groups is 1. The molecule has 1 aliphatic heterocycles. The Kier molecular flexibility index (Phi) is 3.62. The van der Waals surface area contributed by atoms with Crippen molar-refractivity contribution in [3.05, 3.63) is 29.8 Å². The van der Waals surface area contributed by atoms with Crippen LogP contribution in [0, 0.1) is 5.92 Å². The molecule has 0 saturated carbocycles. The summed E-state index contributed by atoms with van der Waals surface area (Å²) in [4.78, 5) is 13.2. The molecule has 2 rings (SSSR count). The zero-order chi connectivity index (χ0) is 13.1. The first-order chi connectivity index (χ1) is 8.61. The average Bonchev–Trinajstić information content (AvgIpc) is 2.38. The molecule has 1 aromatic carbocycles. The Morgan fingerprint density at radius 3 is 2.61 bits per heavy atom. The van der Waals surface area contributed by atoms with Gasteiger partial charge in [-0.2, -0.15) is 5.10 Å². The number of aliphatic hydroxyl groups excluding tert-OH is 1. The van der Waals surface area contributed by atoms with E-state index in [-0.39, 0.29) is 24.9 Å². The van der Waals surface area contributed by atoms with Crippen LogP contribution in [0.1, 0.15) is 12.0 Å². The molecule has 0 fully saturated rings. The zero-order valence-corrected chi connectivity index (χ0v) is 10.6. The fraction of sp³-hybridized carbons (Fsp3) is 0.385. The van der Waals surface area contributed by atoms with E-state index in [0.717, 1.165) is 17.0 Å². The van der Waals surface area contributed by atoms with Gasteiger partial charge in [-0.15, -0.1) is 0 Å². The van der Waals surface area contributed by atoms with Gasteiger partial charge < -0.3 is 10.0 Å². The van der Waals surface area contributed by atoms with Crippen molar-refractivity contribution < 1.29 is 9.90 Å². The maximum absolute atomic E-state index is 11.2. The molecule has 1 aliphatic rings. The topological polar surface area (TPSA) is 64.9 Å². The number of benzene rings is 1. The van der Waals surface area contributed by atoms with Gasteiger partial charge in [-0.25, -0.2) is 5.43 Å². The molecule has 2 N–H and O–H groups in total. The quantitative estimate of drug-likeness (QED) is 0.821. The maximum atomic E-state index is 11.2. The second kappa shape index (κ2) is 5.18. The second-order valence-electron chi connectivity index (χ2n) is 4.56. The molecule has 1 heterocycles. The van der Waals surface area contributed by atoms with Crippen LogP contribution in [0.4, 0.5) is 5.69 Å². The van der Waals surface area contributed by atoms with E-state index in [4.69, 9.17) is 0 Å². The SMILES string of the molecule is CN(C)c1ccc(C2=NNC(=O)CC2CO)cc1.